The molecule has 1 saturated heterocycles. The minimum absolute atomic E-state index is 0.867. The molecule has 3 rings (SSSR count). The van der Waals surface area contributed by atoms with Gasteiger partial charge in [0.15, 0.2) is 11.5 Å². The van der Waals surface area contributed by atoms with Crippen LogP contribution in [0.2, 0.25) is 0 Å². The second kappa shape index (κ2) is 3.51. The predicted octanol–water partition coefficient (Wildman–Crippen LogP) is 0.367. The van der Waals surface area contributed by atoms with E-state index in [1.54, 1.807) is 6.20 Å². The van der Waals surface area contributed by atoms with E-state index in [1.807, 2.05) is 6.07 Å². The molecule has 0 aliphatic carbocycles. The smallest absolute Gasteiger partial charge is 0.160 e. The highest BCUT2D eigenvalue weighted by Gasteiger charge is 2.15. The summed E-state index contributed by atoms with van der Waals surface area (Å²) in [5.41, 5.74) is 0.867. The third-order valence-corrected chi connectivity index (χ3v) is 2.73. The highest BCUT2D eigenvalue weighted by Crippen LogP contribution is 2.21. The van der Waals surface area contributed by atoms with E-state index in [2.05, 4.69) is 31.5 Å². The minimum Gasteiger partial charge on any atom is -0.352 e. The maximum absolute atomic E-state index is 4.33. The molecular formula is C10H13N5. The first kappa shape index (κ1) is 8.67. The number of piperazine rings is 1. The molecule has 1 fully saturated rings. The number of pyridine rings is 1. The summed E-state index contributed by atoms with van der Waals surface area (Å²) in [5.74, 6) is 1.03. The number of aromatic amines is 1. The van der Waals surface area contributed by atoms with Crippen molar-refractivity contribution in [2.45, 2.75) is 0 Å². The SMILES string of the molecule is c1cnc2[nH]nc(N3CCNCC3)c2c1. The Morgan fingerprint density at radius 3 is 3.00 bits per heavy atom. The molecule has 2 N–H and O–H groups in total. The average molecular weight is 203 g/mol. The van der Waals surface area contributed by atoms with E-state index in [0.717, 1.165) is 43.0 Å². The van der Waals surface area contributed by atoms with Gasteiger partial charge in [-0.1, -0.05) is 0 Å². The van der Waals surface area contributed by atoms with Gasteiger partial charge in [0.2, 0.25) is 0 Å². The zero-order valence-electron chi connectivity index (χ0n) is 8.40. The van der Waals surface area contributed by atoms with E-state index >= 15 is 0 Å². The lowest BCUT2D eigenvalue weighted by molar-refractivity contribution is 0.585. The number of rotatable bonds is 1. The van der Waals surface area contributed by atoms with Crippen LogP contribution in [0.3, 0.4) is 0 Å². The molecule has 3 heterocycles. The van der Waals surface area contributed by atoms with E-state index in [4.69, 9.17) is 0 Å². The minimum atomic E-state index is 0.867. The Morgan fingerprint density at radius 2 is 2.13 bits per heavy atom. The molecule has 0 amide bonds. The van der Waals surface area contributed by atoms with Gasteiger partial charge in [-0.3, -0.25) is 5.10 Å². The Bertz CT molecular complexity index is 458. The average Bonchev–Trinajstić information content (AvgIpc) is 2.74. The van der Waals surface area contributed by atoms with Gasteiger partial charge < -0.3 is 10.2 Å². The van der Waals surface area contributed by atoms with E-state index in [0.29, 0.717) is 0 Å². The second-order valence-corrected chi connectivity index (χ2v) is 3.68. The number of H-pyrrole nitrogens is 1. The number of nitrogens with zero attached hydrogens (tertiary/aromatic N) is 3. The number of aromatic nitrogens is 3. The molecule has 0 bridgehead atoms. The molecule has 0 aromatic carbocycles. The Morgan fingerprint density at radius 1 is 1.27 bits per heavy atom. The Balaban J connectivity index is 2.02. The van der Waals surface area contributed by atoms with Crippen LogP contribution in [0.5, 0.6) is 0 Å². The van der Waals surface area contributed by atoms with Crippen molar-refractivity contribution in [3.63, 3.8) is 0 Å². The fourth-order valence-corrected chi connectivity index (χ4v) is 1.96. The Hall–Kier alpha value is -1.62. The van der Waals surface area contributed by atoms with Gasteiger partial charge in [-0.05, 0) is 12.1 Å². The van der Waals surface area contributed by atoms with Gasteiger partial charge in [-0.25, -0.2) is 4.98 Å². The standard InChI is InChI=1S/C10H13N5/c1-2-8-9(12-3-1)13-14-10(8)15-6-4-11-5-7-15/h1-3,11H,4-7H2,(H,12,13,14). The van der Waals surface area contributed by atoms with Crippen LogP contribution in [0.1, 0.15) is 0 Å². The summed E-state index contributed by atoms with van der Waals surface area (Å²) >= 11 is 0. The van der Waals surface area contributed by atoms with Crippen LogP contribution < -0.4 is 10.2 Å². The van der Waals surface area contributed by atoms with Gasteiger partial charge in [0.25, 0.3) is 0 Å². The molecule has 0 radical (unpaired) electrons. The molecule has 1 aliphatic rings. The molecule has 78 valence electrons. The van der Waals surface area contributed by atoms with Crippen molar-refractivity contribution in [1.29, 1.82) is 0 Å². The molecule has 5 heteroatoms. The molecular weight excluding hydrogens is 190 g/mol. The van der Waals surface area contributed by atoms with Gasteiger partial charge in [0.05, 0.1) is 5.39 Å². The lowest BCUT2D eigenvalue weighted by Crippen LogP contribution is -2.43. The Labute approximate surface area is 87.5 Å². The maximum Gasteiger partial charge on any atom is 0.160 e. The normalized spacial score (nSPS) is 17.2. The van der Waals surface area contributed by atoms with Crippen LogP contribution in [0, 0.1) is 0 Å². The fourth-order valence-electron chi connectivity index (χ4n) is 1.96. The molecule has 15 heavy (non-hydrogen) atoms. The van der Waals surface area contributed by atoms with E-state index < -0.39 is 0 Å². The molecule has 0 spiro atoms. The number of hydrogen-bond donors (Lipinski definition) is 2. The largest absolute Gasteiger partial charge is 0.352 e. The lowest BCUT2D eigenvalue weighted by atomic mass is 10.3. The van der Waals surface area contributed by atoms with Crippen molar-refractivity contribution in [2.24, 2.45) is 0 Å². The lowest BCUT2D eigenvalue weighted by Gasteiger charge is -2.27. The number of nitrogens with one attached hydrogen (secondary N) is 2. The van der Waals surface area contributed by atoms with Crippen molar-refractivity contribution in [1.82, 2.24) is 20.5 Å². The monoisotopic (exact) mass is 203 g/mol. The third-order valence-electron chi connectivity index (χ3n) is 2.73. The topological polar surface area (TPSA) is 56.8 Å². The molecule has 2 aromatic heterocycles. The van der Waals surface area contributed by atoms with Crippen LogP contribution in [-0.2, 0) is 0 Å². The summed E-state index contributed by atoms with van der Waals surface area (Å²) in [6.45, 7) is 4.06. The van der Waals surface area contributed by atoms with Crippen molar-refractivity contribution in [2.75, 3.05) is 31.1 Å². The van der Waals surface area contributed by atoms with Crippen molar-refractivity contribution >= 4 is 16.9 Å². The van der Waals surface area contributed by atoms with E-state index in [9.17, 15) is 0 Å². The van der Waals surface area contributed by atoms with Gasteiger partial charge >= 0.3 is 0 Å². The van der Waals surface area contributed by atoms with Gasteiger partial charge in [-0.2, -0.15) is 5.10 Å². The third kappa shape index (κ3) is 1.45. The zero-order valence-corrected chi connectivity index (χ0v) is 8.40. The summed E-state index contributed by atoms with van der Waals surface area (Å²) in [7, 11) is 0. The highest BCUT2D eigenvalue weighted by molar-refractivity contribution is 5.87. The number of hydrogen-bond acceptors (Lipinski definition) is 4. The second-order valence-electron chi connectivity index (χ2n) is 3.68. The predicted molar refractivity (Wildman–Crippen MR) is 59.0 cm³/mol. The summed E-state index contributed by atoms with van der Waals surface area (Å²) in [6, 6.07) is 4.01. The van der Waals surface area contributed by atoms with Crippen LogP contribution in [-0.4, -0.2) is 41.4 Å². The number of fused-ring (bicyclic) bond motifs is 1. The number of anilines is 1. The molecule has 0 atom stereocenters. The fraction of sp³-hybridized carbons (Fsp3) is 0.400. The van der Waals surface area contributed by atoms with E-state index in [-0.39, 0.29) is 0 Å². The zero-order chi connectivity index (χ0) is 10.1. The van der Waals surface area contributed by atoms with Gasteiger partial charge in [-0.15, -0.1) is 0 Å². The Kier molecular flexibility index (Phi) is 2.03. The first-order valence-electron chi connectivity index (χ1n) is 5.20. The van der Waals surface area contributed by atoms with E-state index in [1.165, 1.54) is 0 Å². The summed E-state index contributed by atoms with van der Waals surface area (Å²) in [6.07, 6.45) is 1.78. The summed E-state index contributed by atoms with van der Waals surface area (Å²) < 4.78 is 0. The molecule has 0 unspecified atom stereocenters. The van der Waals surface area contributed by atoms with Crippen LogP contribution in [0.4, 0.5) is 5.82 Å². The maximum atomic E-state index is 4.33. The molecule has 0 saturated carbocycles. The molecule has 1 aliphatic heterocycles. The van der Waals surface area contributed by atoms with Crippen LogP contribution >= 0.6 is 0 Å². The van der Waals surface area contributed by atoms with Gasteiger partial charge in [0.1, 0.15) is 0 Å². The van der Waals surface area contributed by atoms with Crippen molar-refractivity contribution < 1.29 is 0 Å². The summed E-state index contributed by atoms with van der Waals surface area (Å²) in [4.78, 5) is 6.53. The quantitative estimate of drug-likeness (QED) is 0.703. The first-order chi connectivity index (χ1) is 7.45. The van der Waals surface area contributed by atoms with Crippen molar-refractivity contribution in [3.05, 3.63) is 18.3 Å². The first-order valence-corrected chi connectivity index (χ1v) is 5.20. The van der Waals surface area contributed by atoms with Crippen LogP contribution in [0.25, 0.3) is 11.0 Å². The van der Waals surface area contributed by atoms with Crippen LogP contribution in [0.15, 0.2) is 18.3 Å². The highest BCUT2D eigenvalue weighted by atomic mass is 15.3. The molecule has 5 nitrogen and oxygen atoms in total. The molecule has 2 aromatic rings. The van der Waals surface area contributed by atoms with Gasteiger partial charge in [0, 0.05) is 32.4 Å². The van der Waals surface area contributed by atoms with Crippen molar-refractivity contribution in [3.8, 4) is 0 Å². The summed E-state index contributed by atoms with van der Waals surface area (Å²) in [5, 5.41) is 11.7.